The Morgan fingerprint density at radius 2 is 1.95 bits per heavy atom. The fourth-order valence-corrected chi connectivity index (χ4v) is 2.35. The van der Waals surface area contributed by atoms with Crippen molar-refractivity contribution in [2.75, 3.05) is 0 Å². The lowest BCUT2D eigenvalue weighted by Crippen LogP contribution is -1.97. The molecule has 0 radical (unpaired) electrons. The van der Waals surface area contributed by atoms with E-state index in [1.807, 2.05) is 12.3 Å². The van der Waals surface area contributed by atoms with Gasteiger partial charge in [0.05, 0.1) is 5.52 Å². The molecule has 3 aromatic rings. The van der Waals surface area contributed by atoms with Crippen LogP contribution in [0.25, 0.3) is 22.0 Å². The van der Waals surface area contributed by atoms with Crippen molar-refractivity contribution in [1.29, 1.82) is 0 Å². The lowest BCUT2D eigenvalue weighted by atomic mass is 9.97. The lowest BCUT2D eigenvalue weighted by molar-refractivity contribution is 1.07. The average molecular weight is 248 g/mol. The van der Waals surface area contributed by atoms with Crippen LogP contribution in [-0.2, 0) is 6.54 Å². The van der Waals surface area contributed by atoms with Gasteiger partial charge in [-0.3, -0.25) is 4.98 Å². The first kappa shape index (κ1) is 11.9. The summed E-state index contributed by atoms with van der Waals surface area (Å²) in [4.78, 5) is 4.35. The predicted octanol–water partition coefficient (Wildman–Crippen LogP) is 3.67. The molecule has 2 heteroatoms. The second-order valence-electron chi connectivity index (χ2n) is 4.76. The molecular weight excluding hydrogens is 232 g/mol. The minimum absolute atomic E-state index is 0.572. The molecular formula is C17H16N2. The van der Waals surface area contributed by atoms with Gasteiger partial charge < -0.3 is 5.73 Å². The second-order valence-corrected chi connectivity index (χ2v) is 4.76. The predicted molar refractivity (Wildman–Crippen MR) is 79.8 cm³/mol. The first-order chi connectivity index (χ1) is 9.28. The molecule has 2 aromatic carbocycles. The number of hydrogen-bond acceptors (Lipinski definition) is 2. The molecule has 2 nitrogen and oxygen atoms in total. The molecule has 19 heavy (non-hydrogen) atoms. The molecule has 0 aliphatic heterocycles. The van der Waals surface area contributed by atoms with E-state index in [2.05, 4.69) is 54.4 Å². The lowest BCUT2D eigenvalue weighted by Gasteiger charge is -2.09. The van der Waals surface area contributed by atoms with Gasteiger partial charge in [-0.15, -0.1) is 0 Å². The molecule has 0 atom stereocenters. The molecule has 0 aliphatic rings. The molecule has 2 N–H and O–H groups in total. The number of aryl methyl sites for hydroxylation is 1. The van der Waals surface area contributed by atoms with Gasteiger partial charge in [-0.1, -0.05) is 24.3 Å². The third-order valence-corrected chi connectivity index (χ3v) is 3.45. The van der Waals surface area contributed by atoms with Crippen LogP contribution in [0.5, 0.6) is 0 Å². The Bertz CT molecular complexity index is 732. The Kier molecular flexibility index (Phi) is 3.02. The van der Waals surface area contributed by atoms with E-state index < -0.39 is 0 Å². The first-order valence-electron chi connectivity index (χ1n) is 6.43. The maximum atomic E-state index is 5.73. The number of rotatable bonds is 2. The number of nitrogens with zero attached hydrogens (tertiary/aromatic N) is 1. The minimum Gasteiger partial charge on any atom is -0.326 e. The standard InChI is InChI=1S/C17H16N2/c1-12-4-5-13(11-18)9-16(12)14-6-7-17-15(10-14)3-2-8-19-17/h2-10H,11,18H2,1H3. The van der Waals surface area contributed by atoms with Crippen molar-refractivity contribution in [3.8, 4) is 11.1 Å². The van der Waals surface area contributed by atoms with Gasteiger partial charge in [-0.25, -0.2) is 0 Å². The van der Waals surface area contributed by atoms with Crippen LogP contribution in [0.15, 0.2) is 54.7 Å². The zero-order chi connectivity index (χ0) is 13.2. The Morgan fingerprint density at radius 3 is 2.79 bits per heavy atom. The normalized spacial score (nSPS) is 10.8. The number of nitrogens with two attached hydrogens (primary N) is 1. The van der Waals surface area contributed by atoms with Gasteiger partial charge in [-0.05, 0) is 53.4 Å². The largest absolute Gasteiger partial charge is 0.326 e. The topological polar surface area (TPSA) is 38.9 Å². The summed E-state index contributed by atoms with van der Waals surface area (Å²) in [6, 6.07) is 16.8. The van der Waals surface area contributed by atoms with E-state index in [-0.39, 0.29) is 0 Å². The monoisotopic (exact) mass is 248 g/mol. The molecule has 94 valence electrons. The number of fused-ring (bicyclic) bond motifs is 1. The van der Waals surface area contributed by atoms with E-state index in [1.54, 1.807) is 0 Å². The van der Waals surface area contributed by atoms with Crippen molar-refractivity contribution in [3.63, 3.8) is 0 Å². The summed E-state index contributed by atoms with van der Waals surface area (Å²) in [6.07, 6.45) is 1.82. The highest BCUT2D eigenvalue weighted by molar-refractivity contribution is 5.85. The summed E-state index contributed by atoms with van der Waals surface area (Å²) in [5, 5.41) is 1.16. The molecule has 0 saturated heterocycles. The minimum atomic E-state index is 0.572. The van der Waals surface area contributed by atoms with Crippen molar-refractivity contribution in [2.45, 2.75) is 13.5 Å². The highest BCUT2D eigenvalue weighted by Crippen LogP contribution is 2.27. The number of pyridine rings is 1. The molecule has 0 amide bonds. The smallest absolute Gasteiger partial charge is 0.0702 e. The third kappa shape index (κ3) is 2.23. The van der Waals surface area contributed by atoms with Gasteiger partial charge in [0.1, 0.15) is 0 Å². The van der Waals surface area contributed by atoms with Crippen LogP contribution in [0.4, 0.5) is 0 Å². The number of benzene rings is 2. The van der Waals surface area contributed by atoms with Crippen LogP contribution in [0, 0.1) is 6.92 Å². The average Bonchev–Trinajstić information content (AvgIpc) is 2.47. The van der Waals surface area contributed by atoms with E-state index >= 15 is 0 Å². The van der Waals surface area contributed by atoms with E-state index in [0.717, 1.165) is 16.5 Å². The zero-order valence-corrected chi connectivity index (χ0v) is 10.9. The maximum absolute atomic E-state index is 5.73. The highest BCUT2D eigenvalue weighted by atomic mass is 14.6. The third-order valence-electron chi connectivity index (χ3n) is 3.45. The van der Waals surface area contributed by atoms with Crippen molar-refractivity contribution < 1.29 is 0 Å². The van der Waals surface area contributed by atoms with Gasteiger partial charge in [0.2, 0.25) is 0 Å². The summed E-state index contributed by atoms with van der Waals surface area (Å²) in [5.41, 5.74) is 11.6. The van der Waals surface area contributed by atoms with E-state index in [9.17, 15) is 0 Å². The van der Waals surface area contributed by atoms with Crippen molar-refractivity contribution in [2.24, 2.45) is 5.73 Å². The molecule has 3 rings (SSSR count). The molecule has 0 unspecified atom stereocenters. The van der Waals surface area contributed by atoms with E-state index in [1.165, 1.54) is 16.7 Å². The van der Waals surface area contributed by atoms with Crippen molar-refractivity contribution in [3.05, 3.63) is 65.9 Å². The molecule has 1 heterocycles. The number of aromatic nitrogens is 1. The Balaban J connectivity index is 2.18. The highest BCUT2D eigenvalue weighted by Gasteiger charge is 2.04. The van der Waals surface area contributed by atoms with Crippen LogP contribution < -0.4 is 5.73 Å². The molecule has 0 saturated carbocycles. The first-order valence-corrected chi connectivity index (χ1v) is 6.43. The SMILES string of the molecule is Cc1ccc(CN)cc1-c1ccc2ncccc2c1. The van der Waals surface area contributed by atoms with Crippen LogP contribution in [0.3, 0.4) is 0 Å². The van der Waals surface area contributed by atoms with Crippen LogP contribution >= 0.6 is 0 Å². The molecule has 0 fully saturated rings. The zero-order valence-electron chi connectivity index (χ0n) is 10.9. The van der Waals surface area contributed by atoms with E-state index in [4.69, 9.17) is 5.73 Å². The second kappa shape index (κ2) is 4.82. The Hall–Kier alpha value is -2.19. The van der Waals surface area contributed by atoms with Gasteiger partial charge in [0.15, 0.2) is 0 Å². The van der Waals surface area contributed by atoms with Gasteiger partial charge in [0.25, 0.3) is 0 Å². The van der Waals surface area contributed by atoms with Crippen LogP contribution in [0.2, 0.25) is 0 Å². The van der Waals surface area contributed by atoms with Crippen LogP contribution in [0.1, 0.15) is 11.1 Å². The molecule has 1 aromatic heterocycles. The fraction of sp³-hybridized carbons (Fsp3) is 0.118. The summed E-state index contributed by atoms with van der Waals surface area (Å²) in [6.45, 7) is 2.70. The Labute approximate surface area is 112 Å². The molecule has 0 spiro atoms. The molecule has 0 aliphatic carbocycles. The quantitative estimate of drug-likeness (QED) is 0.751. The Morgan fingerprint density at radius 1 is 1.05 bits per heavy atom. The van der Waals surface area contributed by atoms with E-state index in [0.29, 0.717) is 6.54 Å². The maximum Gasteiger partial charge on any atom is 0.0702 e. The van der Waals surface area contributed by atoms with Crippen molar-refractivity contribution >= 4 is 10.9 Å². The van der Waals surface area contributed by atoms with Crippen LogP contribution in [-0.4, -0.2) is 4.98 Å². The van der Waals surface area contributed by atoms with Crippen molar-refractivity contribution in [1.82, 2.24) is 4.98 Å². The fourth-order valence-electron chi connectivity index (χ4n) is 2.35. The number of hydrogen-bond donors (Lipinski definition) is 1. The summed E-state index contributed by atoms with van der Waals surface area (Å²) >= 11 is 0. The van der Waals surface area contributed by atoms with Gasteiger partial charge >= 0.3 is 0 Å². The summed E-state index contributed by atoms with van der Waals surface area (Å²) in [7, 11) is 0. The summed E-state index contributed by atoms with van der Waals surface area (Å²) in [5.74, 6) is 0. The van der Waals surface area contributed by atoms with Gasteiger partial charge in [0, 0.05) is 18.1 Å². The van der Waals surface area contributed by atoms with Gasteiger partial charge in [-0.2, -0.15) is 0 Å². The summed E-state index contributed by atoms with van der Waals surface area (Å²) < 4.78 is 0. The molecule has 0 bridgehead atoms.